The van der Waals surface area contributed by atoms with Crippen LogP contribution < -0.4 is 5.32 Å². The molecule has 0 aromatic carbocycles. The molecule has 0 unspecified atom stereocenters. The highest BCUT2D eigenvalue weighted by Gasteiger charge is 2.02. The van der Waals surface area contributed by atoms with Gasteiger partial charge in [0.15, 0.2) is 0 Å². The van der Waals surface area contributed by atoms with Crippen molar-refractivity contribution < 1.29 is 4.79 Å². The van der Waals surface area contributed by atoms with Crippen LogP contribution in [-0.4, -0.2) is 31.6 Å². The topological polar surface area (TPSA) is 34.4 Å². The smallest absolute Gasteiger partial charge is 0.329 e. The van der Waals surface area contributed by atoms with Gasteiger partial charge in [-0.3, -0.25) is 0 Å². The Morgan fingerprint density at radius 3 is 2.50 bits per heavy atom. The lowest BCUT2D eigenvalue weighted by Gasteiger charge is -2.08. The van der Waals surface area contributed by atoms with Crippen molar-refractivity contribution in [2.24, 2.45) is 0 Å². The molecule has 0 aliphatic rings. The Bertz CT molecular complexity index is 124. The van der Waals surface area contributed by atoms with Gasteiger partial charge in [0.1, 0.15) is 0 Å². The Labute approximate surface area is 75.1 Å². The fourth-order valence-corrected chi connectivity index (χ4v) is 0.781. The highest BCUT2D eigenvalue weighted by molar-refractivity contribution is 5.73. The molecule has 3 nitrogen and oxygen atoms in total. The van der Waals surface area contributed by atoms with Gasteiger partial charge in [0.2, 0.25) is 0 Å². The standard InChI is InChI=1S/C9H18N2O/c1-4-5-6-7-8-10-9(12)11(2)3/h1,4-8H2,2-3H3. The lowest BCUT2D eigenvalue weighted by Crippen LogP contribution is -2.29. The van der Waals surface area contributed by atoms with Crippen LogP contribution in [0.2, 0.25) is 0 Å². The number of unbranched alkanes of at least 4 members (excludes halogenated alkanes) is 3. The Hall–Kier alpha value is -0.730. The maximum absolute atomic E-state index is 10.9. The van der Waals surface area contributed by atoms with Crippen molar-refractivity contribution in [2.75, 3.05) is 20.6 Å². The van der Waals surface area contributed by atoms with E-state index in [9.17, 15) is 4.79 Å². The number of carbonyl (C=O) groups is 1. The van der Waals surface area contributed by atoms with Crippen molar-refractivity contribution >= 4 is 6.03 Å². The van der Waals surface area contributed by atoms with E-state index >= 15 is 0 Å². The van der Waals surface area contributed by atoms with Gasteiger partial charge in [0, 0.05) is 20.6 Å². The molecular weight excluding hydrogens is 152 g/mol. The molecule has 70 valence electrons. The van der Waals surface area contributed by atoms with E-state index < -0.39 is 0 Å². The monoisotopic (exact) mass is 170 g/mol. The number of hydrogen-bond acceptors (Lipinski definition) is 1. The van der Waals surface area contributed by atoms with Gasteiger partial charge in [-0.2, -0.15) is 0 Å². The van der Waals surface area contributed by atoms with Gasteiger partial charge in [0.25, 0.3) is 0 Å². The summed E-state index contributed by atoms with van der Waals surface area (Å²) in [5, 5.41) is 3.86. The zero-order valence-electron chi connectivity index (χ0n) is 8.05. The molecular formula is C9H18N2O. The summed E-state index contributed by atoms with van der Waals surface area (Å²) in [7, 11) is 3.42. The van der Waals surface area contributed by atoms with Gasteiger partial charge >= 0.3 is 6.03 Å². The van der Waals surface area contributed by atoms with Crippen LogP contribution in [-0.2, 0) is 0 Å². The number of nitrogens with zero attached hydrogens (tertiary/aromatic N) is 2. The molecule has 0 rings (SSSR count). The van der Waals surface area contributed by atoms with Gasteiger partial charge in [-0.05, 0) is 6.42 Å². The lowest BCUT2D eigenvalue weighted by atomic mass is 10.2. The molecule has 0 atom stereocenters. The van der Waals surface area contributed by atoms with E-state index in [1.807, 2.05) is 0 Å². The summed E-state index contributed by atoms with van der Waals surface area (Å²) in [6.07, 6.45) is 4.22. The maximum Gasteiger partial charge on any atom is 0.338 e. The second-order valence-electron chi connectivity index (χ2n) is 2.97. The first-order valence-corrected chi connectivity index (χ1v) is 4.36. The van der Waals surface area contributed by atoms with E-state index in [0.29, 0.717) is 6.54 Å². The first-order valence-electron chi connectivity index (χ1n) is 4.36. The maximum atomic E-state index is 10.9. The predicted octanol–water partition coefficient (Wildman–Crippen LogP) is 1.67. The Kier molecular flexibility index (Phi) is 6.53. The quantitative estimate of drug-likeness (QED) is 0.578. The molecule has 3 heteroatoms. The number of hydrogen-bond donors (Lipinski definition) is 0. The van der Waals surface area contributed by atoms with E-state index in [0.717, 1.165) is 25.7 Å². The lowest BCUT2D eigenvalue weighted by molar-refractivity contribution is 0.216. The summed E-state index contributed by atoms with van der Waals surface area (Å²) in [5.74, 6) is 0. The van der Waals surface area contributed by atoms with Gasteiger partial charge in [-0.15, -0.1) is 0 Å². The highest BCUT2D eigenvalue weighted by atomic mass is 16.2. The molecule has 0 aliphatic heterocycles. The second-order valence-corrected chi connectivity index (χ2v) is 2.97. The van der Waals surface area contributed by atoms with Crippen molar-refractivity contribution in [3.8, 4) is 0 Å². The third-order valence-electron chi connectivity index (χ3n) is 1.54. The molecule has 0 saturated heterocycles. The third-order valence-corrected chi connectivity index (χ3v) is 1.54. The molecule has 0 spiro atoms. The minimum atomic E-state index is -0.135. The average molecular weight is 170 g/mol. The molecule has 2 radical (unpaired) electrons. The molecule has 0 aliphatic carbocycles. The Balaban J connectivity index is 3.14. The van der Waals surface area contributed by atoms with Crippen LogP contribution in [0.15, 0.2) is 0 Å². The summed E-state index contributed by atoms with van der Waals surface area (Å²) in [6, 6.07) is -0.135. The largest absolute Gasteiger partial charge is 0.338 e. The molecule has 12 heavy (non-hydrogen) atoms. The molecule has 0 aromatic heterocycles. The van der Waals surface area contributed by atoms with E-state index in [1.54, 1.807) is 14.1 Å². The van der Waals surface area contributed by atoms with Gasteiger partial charge in [-0.1, -0.05) is 26.2 Å². The highest BCUT2D eigenvalue weighted by Crippen LogP contribution is 1.97. The summed E-state index contributed by atoms with van der Waals surface area (Å²) >= 11 is 0. The minimum Gasteiger partial charge on any atom is -0.329 e. The second kappa shape index (κ2) is 6.95. The van der Waals surface area contributed by atoms with Crippen molar-refractivity contribution in [1.29, 1.82) is 0 Å². The first-order chi connectivity index (χ1) is 5.68. The van der Waals surface area contributed by atoms with Crippen LogP contribution in [0, 0.1) is 6.92 Å². The van der Waals surface area contributed by atoms with Gasteiger partial charge in [0.05, 0.1) is 0 Å². The van der Waals surface area contributed by atoms with Crippen LogP contribution in [0.3, 0.4) is 0 Å². The normalized spacial score (nSPS) is 9.58. The summed E-state index contributed by atoms with van der Waals surface area (Å²) in [4.78, 5) is 12.4. The van der Waals surface area contributed by atoms with Crippen molar-refractivity contribution in [2.45, 2.75) is 25.7 Å². The Morgan fingerprint density at radius 2 is 2.00 bits per heavy atom. The van der Waals surface area contributed by atoms with Crippen LogP contribution in [0.5, 0.6) is 0 Å². The van der Waals surface area contributed by atoms with Crippen LogP contribution >= 0.6 is 0 Å². The van der Waals surface area contributed by atoms with E-state index in [4.69, 9.17) is 0 Å². The third kappa shape index (κ3) is 6.01. The first kappa shape index (κ1) is 11.3. The SMILES string of the molecule is [CH2]CCCCC[N]C(=O)N(C)C. The molecule has 0 heterocycles. The molecule has 2 amide bonds. The number of urea groups is 1. The average Bonchev–Trinajstić information content (AvgIpc) is 2.03. The summed E-state index contributed by atoms with van der Waals surface area (Å²) in [5.41, 5.74) is 0. The molecule has 0 saturated carbocycles. The number of carbonyl (C=O) groups excluding carboxylic acids is 1. The molecule has 0 fully saturated rings. The molecule has 0 bridgehead atoms. The molecule has 0 N–H and O–H groups in total. The van der Waals surface area contributed by atoms with Crippen LogP contribution in [0.25, 0.3) is 0 Å². The van der Waals surface area contributed by atoms with Crippen molar-refractivity contribution in [1.82, 2.24) is 10.2 Å². The van der Waals surface area contributed by atoms with E-state index in [-0.39, 0.29) is 6.03 Å². The van der Waals surface area contributed by atoms with E-state index in [2.05, 4.69) is 12.2 Å². The fourth-order valence-electron chi connectivity index (χ4n) is 0.781. The number of rotatable bonds is 5. The zero-order chi connectivity index (χ0) is 9.40. The van der Waals surface area contributed by atoms with Crippen molar-refractivity contribution in [3.05, 3.63) is 6.92 Å². The fraction of sp³-hybridized carbons (Fsp3) is 0.778. The summed E-state index contributed by atoms with van der Waals surface area (Å²) < 4.78 is 0. The van der Waals surface area contributed by atoms with Gasteiger partial charge in [-0.25, -0.2) is 10.1 Å². The van der Waals surface area contributed by atoms with Crippen LogP contribution in [0.1, 0.15) is 25.7 Å². The predicted molar refractivity (Wildman–Crippen MR) is 49.9 cm³/mol. The zero-order valence-corrected chi connectivity index (χ0v) is 8.05. The van der Waals surface area contributed by atoms with E-state index in [1.165, 1.54) is 4.90 Å². The van der Waals surface area contributed by atoms with Crippen LogP contribution in [0.4, 0.5) is 4.79 Å². The minimum absolute atomic E-state index is 0.135. The van der Waals surface area contributed by atoms with Gasteiger partial charge < -0.3 is 4.90 Å². The number of amides is 2. The summed E-state index contributed by atoms with van der Waals surface area (Å²) in [6.45, 7) is 4.39. The van der Waals surface area contributed by atoms with Crippen molar-refractivity contribution in [3.63, 3.8) is 0 Å². The Morgan fingerprint density at radius 1 is 1.33 bits per heavy atom. The molecule has 0 aromatic rings.